The zero-order chi connectivity index (χ0) is 14.0. The lowest BCUT2D eigenvalue weighted by Crippen LogP contribution is -2.41. The van der Waals surface area contributed by atoms with Crippen molar-refractivity contribution in [3.63, 3.8) is 0 Å². The summed E-state index contributed by atoms with van der Waals surface area (Å²) in [5.41, 5.74) is -0.0381. The summed E-state index contributed by atoms with van der Waals surface area (Å²) in [4.78, 5) is 12.2. The Hall–Kier alpha value is -0.940. The molecule has 0 heterocycles. The van der Waals surface area contributed by atoms with Crippen LogP contribution in [0.1, 0.15) is 30.6 Å². The quantitative estimate of drug-likeness (QED) is 0.619. The van der Waals surface area contributed by atoms with Crippen LogP contribution in [-0.4, -0.2) is 24.2 Å². The molecule has 0 saturated carbocycles. The first kappa shape index (κ1) is 15.1. The molecule has 1 atom stereocenters. The largest absolute Gasteiger partial charge is 0.291 e. The van der Waals surface area contributed by atoms with E-state index < -0.39 is 25.6 Å². The highest BCUT2D eigenvalue weighted by molar-refractivity contribution is 7.95. The third-order valence-electron chi connectivity index (χ3n) is 2.75. The summed E-state index contributed by atoms with van der Waals surface area (Å²) in [7, 11) is -3.78. The zero-order valence-corrected chi connectivity index (χ0v) is 11.7. The normalized spacial score (nSPS) is 15.1. The van der Waals surface area contributed by atoms with E-state index in [1.807, 2.05) is 0 Å². The van der Waals surface area contributed by atoms with Crippen LogP contribution in [0.5, 0.6) is 0 Å². The molecule has 0 bridgehead atoms. The van der Waals surface area contributed by atoms with Crippen molar-refractivity contribution in [3.8, 4) is 0 Å². The fourth-order valence-corrected chi connectivity index (χ4v) is 3.33. The highest BCUT2D eigenvalue weighted by atomic mass is 35.5. The maximum atomic E-state index is 13.1. The Morgan fingerprint density at radius 1 is 1.39 bits per heavy atom. The maximum absolute atomic E-state index is 13.1. The van der Waals surface area contributed by atoms with E-state index >= 15 is 0 Å². The first-order chi connectivity index (χ1) is 8.28. The van der Waals surface area contributed by atoms with Crippen molar-refractivity contribution >= 4 is 27.2 Å². The van der Waals surface area contributed by atoms with Gasteiger partial charge in [0.2, 0.25) is 4.21 Å². The third kappa shape index (κ3) is 2.57. The number of carbonyl (C=O) groups excluding carboxylic acids is 1. The van der Waals surface area contributed by atoms with Crippen LogP contribution in [0.3, 0.4) is 0 Å². The highest BCUT2D eigenvalue weighted by Gasteiger charge is 2.46. The highest BCUT2D eigenvalue weighted by Crippen LogP contribution is 2.32. The standard InChI is InChI=1S/C12H14ClFO3S/c1-3-12(13,18(16,17)4-2)11(15)9-6-5-7-10(14)8-9/h5-8H,3-4H2,1-2H3/t12-/m1/s1. The predicted molar refractivity (Wildman–Crippen MR) is 69.1 cm³/mol. The summed E-state index contributed by atoms with van der Waals surface area (Å²) < 4.78 is 34.8. The number of halogens is 2. The number of rotatable bonds is 5. The second kappa shape index (κ2) is 5.36. The van der Waals surface area contributed by atoms with Crippen molar-refractivity contribution in [3.05, 3.63) is 35.6 Å². The molecule has 1 aromatic carbocycles. The van der Waals surface area contributed by atoms with Crippen LogP contribution < -0.4 is 0 Å². The van der Waals surface area contributed by atoms with Crippen LogP contribution >= 0.6 is 11.6 Å². The molecule has 100 valence electrons. The lowest BCUT2D eigenvalue weighted by Gasteiger charge is -2.23. The van der Waals surface area contributed by atoms with Crippen molar-refractivity contribution in [2.45, 2.75) is 24.5 Å². The molecule has 1 rings (SSSR count). The van der Waals surface area contributed by atoms with E-state index in [9.17, 15) is 17.6 Å². The minimum Gasteiger partial charge on any atom is -0.291 e. The first-order valence-corrected chi connectivity index (χ1v) is 7.53. The van der Waals surface area contributed by atoms with Crippen molar-refractivity contribution in [1.29, 1.82) is 0 Å². The second-order valence-corrected chi connectivity index (χ2v) is 7.20. The zero-order valence-electron chi connectivity index (χ0n) is 10.1. The number of carbonyl (C=O) groups is 1. The van der Waals surface area contributed by atoms with E-state index in [-0.39, 0.29) is 17.7 Å². The molecule has 18 heavy (non-hydrogen) atoms. The SMILES string of the molecule is CC[C@](Cl)(C(=O)c1cccc(F)c1)S(=O)(=O)CC. The molecule has 0 N–H and O–H groups in total. The molecule has 0 amide bonds. The summed E-state index contributed by atoms with van der Waals surface area (Å²) in [6.07, 6.45) is -0.0694. The van der Waals surface area contributed by atoms with E-state index in [0.29, 0.717) is 0 Å². The third-order valence-corrected chi connectivity index (χ3v) is 6.12. The van der Waals surface area contributed by atoms with Gasteiger partial charge in [-0.15, -0.1) is 0 Å². The van der Waals surface area contributed by atoms with Crippen LogP contribution in [0.25, 0.3) is 0 Å². The van der Waals surface area contributed by atoms with E-state index in [1.54, 1.807) is 0 Å². The molecule has 0 aliphatic carbocycles. The molecular formula is C12H14ClFO3S. The van der Waals surface area contributed by atoms with Gasteiger partial charge in [0.05, 0.1) is 0 Å². The lowest BCUT2D eigenvalue weighted by molar-refractivity contribution is 0.0970. The van der Waals surface area contributed by atoms with Crippen LogP contribution in [0.4, 0.5) is 4.39 Å². The van der Waals surface area contributed by atoms with Crippen molar-refractivity contribution in [1.82, 2.24) is 0 Å². The number of hydrogen-bond acceptors (Lipinski definition) is 3. The number of hydrogen-bond donors (Lipinski definition) is 0. The van der Waals surface area contributed by atoms with Gasteiger partial charge in [0.25, 0.3) is 0 Å². The Morgan fingerprint density at radius 3 is 2.44 bits per heavy atom. The van der Waals surface area contributed by atoms with E-state index in [1.165, 1.54) is 32.0 Å². The van der Waals surface area contributed by atoms with Gasteiger partial charge < -0.3 is 0 Å². The molecule has 0 radical (unpaired) electrons. The van der Waals surface area contributed by atoms with Gasteiger partial charge in [-0.05, 0) is 18.6 Å². The lowest BCUT2D eigenvalue weighted by atomic mass is 10.1. The van der Waals surface area contributed by atoms with Crippen LogP contribution in [0.15, 0.2) is 24.3 Å². The molecule has 3 nitrogen and oxygen atoms in total. The average molecular weight is 293 g/mol. The minimum absolute atomic E-state index is 0.0381. The smallest absolute Gasteiger partial charge is 0.207 e. The van der Waals surface area contributed by atoms with Gasteiger partial charge in [-0.2, -0.15) is 0 Å². The second-order valence-electron chi connectivity index (χ2n) is 3.82. The van der Waals surface area contributed by atoms with Gasteiger partial charge >= 0.3 is 0 Å². The summed E-state index contributed by atoms with van der Waals surface area (Å²) in [6, 6.07) is 4.85. The minimum atomic E-state index is -3.78. The summed E-state index contributed by atoms with van der Waals surface area (Å²) in [5, 5.41) is 0. The number of alkyl halides is 1. The Morgan fingerprint density at radius 2 is 2.00 bits per heavy atom. The molecule has 0 aromatic heterocycles. The topological polar surface area (TPSA) is 51.2 Å². The molecule has 0 saturated heterocycles. The van der Waals surface area contributed by atoms with Gasteiger partial charge in [0.15, 0.2) is 15.6 Å². The first-order valence-electron chi connectivity index (χ1n) is 5.50. The van der Waals surface area contributed by atoms with Gasteiger partial charge in [0, 0.05) is 11.3 Å². The molecule has 0 spiro atoms. The molecule has 0 aliphatic rings. The van der Waals surface area contributed by atoms with Crippen LogP contribution in [0, 0.1) is 5.82 Å². The summed E-state index contributed by atoms with van der Waals surface area (Å²) >= 11 is 5.99. The Bertz CT molecular complexity index is 556. The number of ketones is 1. The van der Waals surface area contributed by atoms with E-state index in [0.717, 1.165) is 6.07 Å². The molecule has 0 fully saturated rings. The van der Waals surface area contributed by atoms with Crippen LogP contribution in [-0.2, 0) is 9.84 Å². The molecule has 1 aromatic rings. The monoisotopic (exact) mass is 292 g/mol. The van der Waals surface area contributed by atoms with Crippen molar-refractivity contribution < 1.29 is 17.6 Å². The van der Waals surface area contributed by atoms with Gasteiger partial charge in [-0.3, -0.25) is 4.79 Å². The fraction of sp³-hybridized carbons (Fsp3) is 0.417. The maximum Gasteiger partial charge on any atom is 0.207 e. The Balaban J connectivity index is 3.31. The van der Waals surface area contributed by atoms with Gasteiger partial charge in [-0.1, -0.05) is 37.6 Å². The number of sulfone groups is 1. The predicted octanol–water partition coefficient (Wildman–Crippen LogP) is 2.79. The Kier molecular flexibility index (Phi) is 4.50. The fourth-order valence-electron chi connectivity index (χ4n) is 1.60. The molecule has 0 unspecified atom stereocenters. The van der Waals surface area contributed by atoms with Crippen molar-refractivity contribution in [2.75, 3.05) is 5.75 Å². The average Bonchev–Trinajstić information content (AvgIpc) is 2.36. The summed E-state index contributed by atoms with van der Waals surface area (Å²) in [6.45, 7) is 2.93. The van der Waals surface area contributed by atoms with E-state index in [2.05, 4.69) is 0 Å². The van der Waals surface area contributed by atoms with E-state index in [4.69, 9.17) is 11.6 Å². The van der Waals surface area contributed by atoms with Crippen molar-refractivity contribution in [2.24, 2.45) is 0 Å². The summed E-state index contributed by atoms with van der Waals surface area (Å²) in [5.74, 6) is -1.64. The molecule has 0 aliphatic heterocycles. The van der Waals surface area contributed by atoms with Gasteiger partial charge in [-0.25, -0.2) is 12.8 Å². The number of Topliss-reactive ketones (excluding diaryl/α,β-unsaturated/α-hetero) is 1. The van der Waals surface area contributed by atoms with Crippen LogP contribution in [0.2, 0.25) is 0 Å². The number of benzene rings is 1. The van der Waals surface area contributed by atoms with Gasteiger partial charge in [0.1, 0.15) is 5.82 Å². The molecule has 6 heteroatoms. The molecular weight excluding hydrogens is 279 g/mol. The Labute approximate surface area is 111 Å².